The quantitative estimate of drug-likeness (QED) is 0.601. The Morgan fingerprint density at radius 2 is 1.86 bits per heavy atom. The highest BCUT2D eigenvalue weighted by Gasteiger charge is 2.25. The number of hydrogen-bond acceptors (Lipinski definition) is 6. The fourth-order valence-electron chi connectivity index (χ4n) is 2.08. The maximum Gasteiger partial charge on any atom is 0.408 e. The van der Waals surface area contributed by atoms with E-state index in [1.165, 1.54) is 0 Å². The van der Waals surface area contributed by atoms with E-state index in [1.54, 1.807) is 20.8 Å². The van der Waals surface area contributed by atoms with Gasteiger partial charge in [0, 0.05) is 6.42 Å². The van der Waals surface area contributed by atoms with Gasteiger partial charge >= 0.3 is 18.0 Å². The molecule has 0 spiro atoms. The molecule has 1 aromatic carbocycles. The van der Waals surface area contributed by atoms with Crippen LogP contribution in [0.5, 0.6) is 0 Å². The lowest BCUT2D eigenvalue weighted by Crippen LogP contribution is -2.44. The van der Waals surface area contributed by atoms with Crippen molar-refractivity contribution in [3.63, 3.8) is 0 Å². The first-order chi connectivity index (χ1) is 12.9. The van der Waals surface area contributed by atoms with Crippen LogP contribution in [0.15, 0.2) is 18.2 Å². The van der Waals surface area contributed by atoms with Crippen LogP contribution in [0, 0.1) is 5.82 Å². The molecule has 154 valence electrons. The molecule has 0 aromatic heterocycles. The molecule has 3 N–H and O–H groups in total. The van der Waals surface area contributed by atoms with Crippen LogP contribution in [0.4, 0.5) is 14.9 Å². The summed E-state index contributed by atoms with van der Waals surface area (Å²) in [7, 11) is 1.12. The van der Waals surface area contributed by atoms with Crippen LogP contribution in [-0.4, -0.2) is 47.8 Å². The van der Waals surface area contributed by atoms with Crippen molar-refractivity contribution in [1.29, 1.82) is 0 Å². The number of hydrogen-bond donors (Lipinski definition) is 3. The van der Waals surface area contributed by atoms with E-state index < -0.39 is 41.4 Å². The van der Waals surface area contributed by atoms with Crippen molar-refractivity contribution < 1.29 is 38.1 Å². The summed E-state index contributed by atoms with van der Waals surface area (Å²) in [5, 5.41) is 13.5. The van der Waals surface area contributed by atoms with Crippen molar-refractivity contribution in [2.24, 2.45) is 0 Å². The Kier molecular flexibility index (Phi) is 7.90. The zero-order chi connectivity index (χ0) is 21.5. The average Bonchev–Trinajstić information content (AvgIpc) is 2.57. The van der Waals surface area contributed by atoms with Crippen LogP contribution in [0.3, 0.4) is 0 Å². The van der Waals surface area contributed by atoms with Gasteiger partial charge in [0.05, 0.1) is 18.4 Å². The standard InChI is InChI=1S/C18H23FN2O7/c1-18(2,3)28-17(26)21-12(16(25)27-4)7-8-14(22)20-13-9-10(15(23)24)5-6-11(13)19/h5-6,9,12H,7-8H2,1-4H3,(H,20,22)(H,21,26)(H,23,24)/t12-/m0/s1. The van der Waals surface area contributed by atoms with Crippen molar-refractivity contribution in [3.05, 3.63) is 29.6 Å². The summed E-state index contributed by atoms with van der Waals surface area (Å²) in [6, 6.07) is 1.80. The van der Waals surface area contributed by atoms with Crippen LogP contribution in [0.1, 0.15) is 44.0 Å². The zero-order valence-corrected chi connectivity index (χ0v) is 16.0. The summed E-state index contributed by atoms with van der Waals surface area (Å²) in [5.74, 6) is -3.54. The van der Waals surface area contributed by atoms with Gasteiger partial charge in [-0.15, -0.1) is 0 Å². The number of nitrogens with one attached hydrogen (secondary N) is 2. The maximum atomic E-state index is 13.7. The molecule has 2 amide bonds. The summed E-state index contributed by atoms with van der Waals surface area (Å²) in [4.78, 5) is 46.6. The number of ether oxygens (including phenoxy) is 2. The number of halogens is 1. The van der Waals surface area contributed by atoms with Gasteiger partial charge in [0.15, 0.2) is 0 Å². The molecule has 1 rings (SSSR count). The number of carboxylic acid groups (broad SMARTS) is 1. The largest absolute Gasteiger partial charge is 0.478 e. The molecule has 0 bridgehead atoms. The lowest BCUT2D eigenvalue weighted by molar-refractivity contribution is -0.143. The van der Waals surface area contributed by atoms with E-state index >= 15 is 0 Å². The number of alkyl carbamates (subject to hydrolysis) is 1. The van der Waals surface area contributed by atoms with Crippen molar-refractivity contribution >= 4 is 29.6 Å². The van der Waals surface area contributed by atoms with Gasteiger partial charge < -0.3 is 25.2 Å². The molecule has 0 heterocycles. The topological polar surface area (TPSA) is 131 Å². The smallest absolute Gasteiger partial charge is 0.408 e. The Morgan fingerprint density at radius 1 is 1.21 bits per heavy atom. The van der Waals surface area contributed by atoms with Crippen LogP contribution in [-0.2, 0) is 19.1 Å². The van der Waals surface area contributed by atoms with Crippen LogP contribution < -0.4 is 10.6 Å². The molecule has 1 aromatic rings. The summed E-state index contributed by atoms with van der Waals surface area (Å²) in [6.45, 7) is 4.94. The van der Waals surface area contributed by atoms with E-state index in [2.05, 4.69) is 15.4 Å². The van der Waals surface area contributed by atoms with Crippen molar-refractivity contribution in [2.45, 2.75) is 45.3 Å². The number of amides is 2. The van der Waals surface area contributed by atoms with E-state index in [9.17, 15) is 23.6 Å². The third kappa shape index (κ3) is 7.60. The normalized spacial score (nSPS) is 11.9. The fraction of sp³-hybridized carbons (Fsp3) is 0.444. The number of aromatic carboxylic acids is 1. The van der Waals surface area contributed by atoms with Crippen molar-refractivity contribution in [2.75, 3.05) is 12.4 Å². The van der Waals surface area contributed by atoms with Crippen molar-refractivity contribution in [3.8, 4) is 0 Å². The highest BCUT2D eigenvalue weighted by molar-refractivity contribution is 5.94. The number of benzene rings is 1. The number of methoxy groups -OCH3 is 1. The number of carboxylic acids is 1. The highest BCUT2D eigenvalue weighted by Crippen LogP contribution is 2.17. The van der Waals surface area contributed by atoms with Crippen molar-refractivity contribution in [1.82, 2.24) is 5.32 Å². The Labute approximate surface area is 161 Å². The summed E-state index contributed by atoms with van der Waals surface area (Å²) >= 11 is 0. The minimum atomic E-state index is -1.28. The number of rotatable bonds is 7. The van der Waals surface area contributed by atoms with Crippen LogP contribution >= 0.6 is 0 Å². The van der Waals surface area contributed by atoms with E-state index in [0.717, 1.165) is 25.3 Å². The van der Waals surface area contributed by atoms with Gasteiger partial charge in [-0.25, -0.2) is 18.8 Å². The number of carbonyl (C=O) groups excluding carboxylic acids is 3. The second-order valence-corrected chi connectivity index (χ2v) is 6.81. The average molecular weight is 398 g/mol. The van der Waals surface area contributed by atoms with Gasteiger partial charge in [-0.1, -0.05) is 0 Å². The summed E-state index contributed by atoms with van der Waals surface area (Å²) in [6.07, 6.45) is -1.27. The third-order valence-corrected chi connectivity index (χ3v) is 3.32. The summed E-state index contributed by atoms with van der Waals surface area (Å²) < 4.78 is 23.4. The number of esters is 1. The first-order valence-electron chi connectivity index (χ1n) is 8.33. The molecule has 0 saturated heterocycles. The van der Waals surface area contributed by atoms with Gasteiger partial charge in [-0.2, -0.15) is 0 Å². The predicted molar refractivity (Wildman–Crippen MR) is 96.4 cm³/mol. The number of anilines is 1. The maximum absolute atomic E-state index is 13.7. The van der Waals surface area contributed by atoms with E-state index in [1.807, 2.05) is 0 Å². The van der Waals surface area contributed by atoms with Gasteiger partial charge in [0.25, 0.3) is 0 Å². The molecule has 0 unspecified atom stereocenters. The Hall–Kier alpha value is -3.17. The molecule has 0 fully saturated rings. The molecule has 0 radical (unpaired) electrons. The van der Waals surface area contributed by atoms with E-state index in [0.29, 0.717) is 0 Å². The molecule has 0 aliphatic carbocycles. The van der Waals surface area contributed by atoms with E-state index in [4.69, 9.17) is 9.84 Å². The monoisotopic (exact) mass is 398 g/mol. The molecule has 0 aliphatic heterocycles. The third-order valence-electron chi connectivity index (χ3n) is 3.32. The lowest BCUT2D eigenvalue weighted by Gasteiger charge is -2.22. The zero-order valence-electron chi connectivity index (χ0n) is 16.0. The second kappa shape index (κ2) is 9.67. The van der Waals surface area contributed by atoms with Crippen LogP contribution in [0.2, 0.25) is 0 Å². The lowest BCUT2D eigenvalue weighted by atomic mass is 10.1. The van der Waals surface area contributed by atoms with E-state index in [-0.39, 0.29) is 24.1 Å². The Balaban J connectivity index is 2.73. The molecule has 0 saturated carbocycles. The highest BCUT2D eigenvalue weighted by atomic mass is 19.1. The van der Waals surface area contributed by atoms with Crippen LogP contribution in [0.25, 0.3) is 0 Å². The first-order valence-corrected chi connectivity index (χ1v) is 8.33. The second-order valence-electron chi connectivity index (χ2n) is 6.81. The number of carbonyl (C=O) groups is 4. The molecule has 28 heavy (non-hydrogen) atoms. The predicted octanol–water partition coefficient (Wildman–Crippen LogP) is 2.31. The van der Waals surface area contributed by atoms with Gasteiger partial charge in [0.2, 0.25) is 5.91 Å². The molecule has 10 heteroatoms. The summed E-state index contributed by atoms with van der Waals surface area (Å²) in [5.41, 5.74) is -1.29. The SMILES string of the molecule is COC(=O)[C@H](CCC(=O)Nc1cc(C(=O)O)ccc1F)NC(=O)OC(C)(C)C. The molecular weight excluding hydrogens is 375 g/mol. The molecule has 1 atom stereocenters. The minimum Gasteiger partial charge on any atom is -0.478 e. The molecular formula is C18H23FN2O7. The van der Waals surface area contributed by atoms with Gasteiger partial charge in [-0.05, 0) is 45.4 Å². The van der Waals surface area contributed by atoms with Gasteiger partial charge in [0.1, 0.15) is 17.5 Å². The minimum absolute atomic E-state index is 0.141. The van der Waals surface area contributed by atoms with Gasteiger partial charge in [-0.3, -0.25) is 4.79 Å². The Bertz CT molecular complexity index is 759. The molecule has 9 nitrogen and oxygen atoms in total. The fourth-order valence-corrected chi connectivity index (χ4v) is 2.08. The first kappa shape index (κ1) is 22.9. The molecule has 0 aliphatic rings. The Morgan fingerprint density at radius 3 is 2.39 bits per heavy atom.